The van der Waals surface area contributed by atoms with E-state index in [2.05, 4.69) is 6.58 Å². The number of carbonyl (C=O) groups excluding carboxylic acids is 2. The van der Waals surface area contributed by atoms with Gasteiger partial charge in [-0.2, -0.15) is 13.2 Å². The second-order valence-corrected chi connectivity index (χ2v) is 11.1. The average molecular weight is 569 g/mol. The Morgan fingerprint density at radius 3 is 2.37 bits per heavy atom. The highest BCUT2D eigenvalue weighted by molar-refractivity contribution is 6.30. The van der Waals surface area contributed by atoms with Crippen LogP contribution in [0.1, 0.15) is 63.1 Å². The average Bonchev–Trinajstić information content (AvgIpc) is 2.83. The molecule has 38 heavy (non-hydrogen) atoms. The predicted molar refractivity (Wildman–Crippen MR) is 145 cm³/mol. The van der Waals surface area contributed by atoms with Crippen molar-refractivity contribution in [3.8, 4) is 0 Å². The Kier molecular flexibility index (Phi) is 9.58. The van der Waals surface area contributed by atoms with Gasteiger partial charge in [0, 0.05) is 35.5 Å². The number of hydrogen-bond acceptors (Lipinski definition) is 2. The van der Waals surface area contributed by atoms with Crippen molar-refractivity contribution in [2.75, 3.05) is 13.1 Å². The van der Waals surface area contributed by atoms with Crippen LogP contribution in [0.2, 0.25) is 10.0 Å². The fraction of sp³-hybridized carbons (Fsp3) is 0.448. The molecule has 1 saturated heterocycles. The first-order valence-corrected chi connectivity index (χ1v) is 13.3. The molecule has 0 N–H and O–H groups in total. The first-order chi connectivity index (χ1) is 17.8. The smallest absolute Gasteiger partial charge is 0.332 e. The Morgan fingerprint density at radius 2 is 1.84 bits per heavy atom. The molecule has 0 aliphatic carbocycles. The topological polar surface area (TPSA) is 40.6 Å². The number of alkyl halides is 3. The molecule has 2 aromatic carbocycles. The van der Waals surface area contributed by atoms with Crippen LogP contribution in [-0.4, -0.2) is 46.9 Å². The molecule has 4 atom stereocenters. The van der Waals surface area contributed by atoms with E-state index in [0.29, 0.717) is 29.3 Å². The third-order valence-electron chi connectivity index (χ3n) is 7.30. The van der Waals surface area contributed by atoms with Crippen molar-refractivity contribution >= 4 is 35.0 Å². The summed E-state index contributed by atoms with van der Waals surface area (Å²) in [5, 5.41) is 1.07. The van der Waals surface area contributed by atoms with E-state index in [0.717, 1.165) is 23.0 Å². The molecule has 2 unspecified atom stereocenters. The first-order valence-electron chi connectivity index (χ1n) is 12.6. The quantitative estimate of drug-likeness (QED) is 0.289. The highest BCUT2D eigenvalue weighted by atomic mass is 35.5. The zero-order valence-electron chi connectivity index (χ0n) is 21.8. The summed E-state index contributed by atoms with van der Waals surface area (Å²) in [6.07, 6.45) is -1.64. The van der Waals surface area contributed by atoms with Crippen molar-refractivity contribution in [3.63, 3.8) is 0 Å². The summed E-state index contributed by atoms with van der Waals surface area (Å²) in [7, 11) is 0. The van der Waals surface area contributed by atoms with Gasteiger partial charge in [0.2, 0.25) is 11.8 Å². The lowest BCUT2D eigenvalue weighted by atomic mass is 9.67. The number of rotatable bonds is 9. The largest absolute Gasteiger partial charge is 0.406 e. The highest BCUT2D eigenvalue weighted by Crippen LogP contribution is 2.52. The van der Waals surface area contributed by atoms with E-state index in [9.17, 15) is 22.8 Å². The van der Waals surface area contributed by atoms with Crippen LogP contribution in [0.15, 0.2) is 61.2 Å². The number of benzene rings is 2. The summed E-state index contributed by atoms with van der Waals surface area (Å²) in [5.41, 5.74) is 0.867. The molecule has 0 saturated carbocycles. The van der Waals surface area contributed by atoms with Crippen LogP contribution in [0.4, 0.5) is 13.2 Å². The minimum absolute atomic E-state index is 0.182. The Hall–Kier alpha value is -2.51. The third-order valence-corrected chi connectivity index (χ3v) is 7.78. The van der Waals surface area contributed by atoms with E-state index in [4.69, 9.17) is 23.2 Å². The molecule has 2 amide bonds. The maximum Gasteiger partial charge on any atom is 0.406 e. The summed E-state index contributed by atoms with van der Waals surface area (Å²) in [5.74, 6) is -1.11. The Labute approximate surface area is 232 Å². The third kappa shape index (κ3) is 6.92. The normalized spacial score (nSPS) is 22.7. The minimum Gasteiger partial charge on any atom is -0.332 e. The van der Waals surface area contributed by atoms with E-state index in [-0.39, 0.29) is 18.4 Å². The zero-order valence-corrected chi connectivity index (χ0v) is 23.3. The van der Waals surface area contributed by atoms with Crippen LogP contribution in [-0.2, 0) is 9.59 Å². The molecule has 0 radical (unpaired) electrons. The van der Waals surface area contributed by atoms with Gasteiger partial charge in [-0.1, -0.05) is 67.4 Å². The standard InChI is InChI=1S/C29H33Cl2F3N2O2/c1-5-14-28(4)16-25(21-8-7-9-23(31)15-21)26(20-10-12-22(30)13-11-20)36(27(28)38)24(6-2)17-35(19(3)37)18-29(32,33)34/h5,7-13,15,24-26H,1,6,14,16-18H2,2-4H3/t24?,25?,26-,28+/m1/s1. The molecule has 3 rings (SSSR count). The molecule has 4 nitrogen and oxygen atoms in total. The van der Waals surface area contributed by atoms with E-state index in [1.54, 1.807) is 29.2 Å². The maximum atomic E-state index is 14.3. The number of nitrogens with zero attached hydrogens (tertiary/aromatic N) is 2. The first kappa shape index (κ1) is 30.0. The molecule has 0 spiro atoms. The van der Waals surface area contributed by atoms with Crippen LogP contribution in [0.5, 0.6) is 0 Å². The van der Waals surface area contributed by atoms with Gasteiger partial charge in [-0.05, 0) is 54.7 Å². The van der Waals surface area contributed by atoms with E-state index >= 15 is 0 Å². The Bertz CT molecular complexity index is 1160. The number of halogens is 5. The molecule has 1 aliphatic rings. The lowest BCUT2D eigenvalue weighted by Gasteiger charge is -2.52. The number of amides is 2. The van der Waals surface area contributed by atoms with Crippen LogP contribution in [0, 0.1) is 5.41 Å². The van der Waals surface area contributed by atoms with Gasteiger partial charge in [-0.3, -0.25) is 9.59 Å². The van der Waals surface area contributed by atoms with Gasteiger partial charge >= 0.3 is 6.18 Å². The summed E-state index contributed by atoms with van der Waals surface area (Å²) >= 11 is 12.5. The maximum absolute atomic E-state index is 14.3. The molecule has 2 aromatic rings. The molecule has 1 aliphatic heterocycles. The van der Waals surface area contributed by atoms with Crippen LogP contribution < -0.4 is 0 Å². The van der Waals surface area contributed by atoms with Crippen molar-refractivity contribution in [1.29, 1.82) is 0 Å². The summed E-state index contributed by atoms with van der Waals surface area (Å²) in [4.78, 5) is 29.0. The summed E-state index contributed by atoms with van der Waals surface area (Å²) in [6, 6.07) is 13.4. The van der Waals surface area contributed by atoms with Crippen LogP contribution in [0.25, 0.3) is 0 Å². The summed E-state index contributed by atoms with van der Waals surface area (Å²) < 4.78 is 40.1. The number of carbonyl (C=O) groups is 2. The fourth-order valence-electron chi connectivity index (χ4n) is 5.48. The molecule has 1 fully saturated rings. The highest BCUT2D eigenvalue weighted by Gasteiger charge is 2.51. The zero-order chi connectivity index (χ0) is 28.3. The van der Waals surface area contributed by atoms with Crippen molar-refractivity contribution in [2.24, 2.45) is 5.41 Å². The van der Waals surface area contributed by atoms with Gasteiger partial charge in [0.25, 0.3) is 0 Å². The number of piperidine rings is 1. The Balaban J connectivity index is 2.20. The van der Waals surface area contributed by atoms with Crippen molar-refractivity contribution in [3.05, 3.63) is 82.4 Å². The number of hydrogen-bond donors (Lipinski definition) is 0. The second-order valence-electron chi connectivity index (χ2n) is 10.2. The minimum atomic E-state index is -4.56. The van der Waals surface area contributed by atoms with Gasteiger partial charge in [-0.15, -0.1) is 6.58 Å². The lowest BCUT2D eigenvalue weighted by molar-refractivity contribution is -0.166. The SMILES string of the molecule is C=CC[C@@]1(C)CC(c2cccc(Cl)c2)[C@@H](c2ccc(Cl)cc2)N(C(CC)CN(CC(F)(F)F)C(C)=O)C1=O. The Morgan fingerprint density at radius 1 is 1.18 bits per heavy atom. The number of likely N-dealkylation sites (tertiary alicyclic amines) is 1. The molecule has 0 bridgehead atoms. The van der Waals surface area contributed by atoms with E-state index in [1.807, 2.05) is 44.2 Å². The van der Waals surface area contributed by atoms with Gasteiger partial charge < -0.3 is 9.80 Å². The number of allylic oxidation sites excluding steroid dienone is 1. The fourth-order valence-corrected chi connectivity index (χ4v) is 5.80. The van der Waals surface area contributed by atoms with Gasteiger partial charge in [0.1, 0.15) is 6.54 Å². The molecular formula is C29H33Cl2F3N2O2. The van der Waals surface area contributed by atoms with E-state index < -0.39 is 36.1 Å². The van der Waals surface area contributed by atoms with Crippen molar-refractivity contribution in [2.45, 2.75) is 64.2 Å². The molecule has 206 valence electrons. The van der Waals surface area contributed by atoms with Gasteiger partial charge in [0.05, 0.1) is 11.5 Å². The second kappa shape index (κ2) is 12.1. The van der Waals surface area contributed by atoms with Crippen molar-refractivity contribution < 1.29 is 22.8 Å². The van der Waals surface area contributed by atoms with E-state index in [1.165, 1.54) is 0 Å². The molecule has 9 heteroatoms. The lowest BCUT2D eigenvalue weighted by Crippen LogP contribution is -2.58. The molecule has 1 heterocycles. The predicted octanol–water partition coefficient (Wildman–Crippen LogP) is 7.82. The monoisotopic (exact) mass is 568 g/mol. The van der Waals surface area contributed by atoms with Crippen molar-refractivity contribution in [1.82, 2.24) is 9.80 Å². The van der Waals surface area contributed by atoms with Crippen LogP contribution >= 0.6 is 23.2 Å². The van der Waals surface area contributed by atoms with Gasteiger partial charge in [-0.25, -0.2) is 0 Å². The summed E-state index contributed by atoms with van der Waals surface area (Å²) in [6.45, 7) is 7.02. The van der Waals surface area contributed by atoms with Gasteiger partial charge in [0.15, 0.2) is 0 Å². The molecule has 0 aromatic heterocycles. The van der Waals surface area contributed by atoms with Crippen LogP contribution in [0.3, 0.4) is 0 Å². The molecular weight excluding hydrogens is 536 g/mol.